The van der Waals surface area contributed by atoms with E-state index in [0.717, 1.165) is 42.4 Å². The first-order valence-corrected chi connectivity index (χ1v) is 13.4. The molecule has 0 saturated heterocycles. The van der Waals surface area contributed by atoms with Crippen LogP contribution in [0.2, 0.25) is 0 Å². The number of hydrogen-bond donors (Lipinski definition) is 2. The van der Waals surface area contributed by atoms with Crippen LogP contribution in [0.3, 0.4) is 0 Å². The molecule has 1 saturated carbocycles. The molecule has 1 aliphatic heterocycles. The number of benzene rings is 3. The van der Waals surface area contributed by atoms with Gasteiger partial charge in [-0.2, -0.15) is 0 Å². The van der Waals surface area contributed by atoms with Crippen LogP contribution in [-0.4, -0.2) is 46.6 Å². The maximum absolute atomic E-state index is 14.0. The van der Waals surface area contributed by atoms with Gasteiger partial charge in [0, 0.05) is 18.5 Å². The fraction of sp³-hybridized carbons (Fsp3) is 0.387. The van der Waals surface area contributed by atoms with Gasteiger partial charge < -0.3 is 29.3 Å². The summed E-state index contributed by atoms with van der Waals surface area (Å²) in [4.78, 5) is 15.5. The Kier molecular flexibility index (Phi) is 8.45. The molecule has 0 unspecified atom stereocenters. The van der Waals surface area contributed by atoms with Crippen LogP contribution in [0.1, 0.15) is 54.0 Å². The monoisotopic (exact) mass is 535 g/mol. The van der Waals surface area contributed by atoms with Crippen molar-refractivity contribution in [1.29, 1.82) is 0 Å². The summed E-state index contributed by atoms with van der Waals surface area (Å²) < 4.78 is 31.8. The van der Waals surface area contributed by atoms with Gasteiger partial charge in [-0.25, -0.2) is 4.39 Å². The van der Waals surface area contributed by atoms with E-state index in [1.54, 1.807) is 25.3 Å². The second-order valence-electron chi connectivity index (χ2n) is 10.1. The Balaban J connectivity index is 1.46. The predicted octanol–water partition coefficient (Wildman–Crippen LogP) is 4.68. The van der Waals surface area contributed by atoms with Crippen LogP contribution in [0.25, 0.3) is 0 Å². The van der Waals surface area contributed by atoms with Crippen molar-refractivity contribution in [3.63, 3.8) is 0 Å². The predicted molar refractivity (Wildman–Crippen MR) is 143 cm³/mol. The highest BCUT2D eigenvalue weighted by molar-refractivity contribution is 5.83. The van der Waals surface area contributed by atoms with E-state index in [0.29, 0.717) is 23.7 Å². The maximum atomic E-state index is 14.0. The molecule has 2 aliphatic rings. The molecule has 2 atom stereocenters. The summed E-state index contributed by atoms with van der Waals surface area (Å²) >= 11 is 0. The zero-order chi connectivity index (χ0) is 27.4. The van der Waals surface area contributed by atoms with Crippen LogP contribution in [0.4, 0.5) is 4.39 Å². The average molecular weight is 536 g/mol. The van der Waals surface area contributed by atoms with Gasteiger partial charge in [0.1, 0.15) is 12.4 Å². The minimum Gasteiger partial charge on any atom is -0.493 e. The van der Waals surface area contributed by atoms with Crippen molar-refractivity contribution in [3.05, 3.63) is 94.8 Å². The summed E-state index contributed by atoms with van der Waals surface area (Å²) in [6.45, 7) is 0.443. The van der Waals surface area contributed by atoms with Crippen LogP contribution in [0.5, 0.6) is 11.5 Å². The fourth-order valence-electron chi connectivity index (χ4n) is 5.48. The topological polar surface area (TPSA) is 88.5 Å². The third kappa shape index (κ3) is 6.08. The number of aliphatic hydroxyl groups is 2. The standard InChI is InChI=1S/C31H34FNO6/c1-37-27-16-13-22-18-33(26(31(35)36)17-25(22)29(27)38-19-20-7-3-2-4-8-20)30(34)28(39-24-9-5-6-10-24)21-11-14-23(32)15-12-21/h2-4,7-8,11-16,24,26,28,31,35-36H,5-6,9-10,17-19H2,1H3/t26-,28+/m1/s1. The van der Waals surface area contributed by atoms with E-state index in [-0.39, 0.29) is 25.0 Å². The molecule has 3 aromatic rings. The minimum absolute atomic E-state index is 0.0826. The summed E-state index contributed by atoms with van der Waals surface area (Å²) in [5.41, 5.74) is 3.10. The molecule has 0 radical (unpaired) electrons. The van der Waals surface area contributed by atoms with Crippen molar-refractivity contribution < 1.29 is 33.6 Å². The Bertz CT molecular complexity index is 1260. The molecule has 3 aromatic carbocycles. The Labute approximate surface area is 227 Å². The number of nitrogens with zero attached hydrogens (tertiary/aromatic N) is 1. The van der Waals surface area contributed by atoms with Gasteiger partial charge in [-0.1, -0.05) is 61.4 Å². The lowest BCUT2D eigenvalue weighted by atomic mass is 9.91. The highest BCUT2D eigenvalue weighted by Crippen LogP contribution is 2.40. The largest absolute Gasteiger partial charge is 0.493 e. The number of halogens is 1. The normalized spacial score (nSPS) is 18.2. The van der Waals surface area contributed by atoms with E-state index in [1.165, 1.54) is 17.0 Å². The van der Waals surface area contributed by atoms with Crippen molar-refractivity contribution in [2.45, 2.75) is 69.8 Å². The SMILES string of the molecule is COc1ccc2c(c1OCc1ccccc1)C[C@H](C(O)O)N(C(=O)[C@@H](OC1CCCC1)c1ccc(F)cc1)C2. The average Bonchev–Trinajstić information content (AvgIpc) is 3.48. The van der Waals surface area contributed by atoms with Crippen LogP contribution in [-0.2, 0) is 29.1 Å². The van der Waals surface area contributed by atoms with Gasteiger partial charge in [0.15, 0.2) is 23.9 Å². The summed E-state index contributed by atoms with van der Waals surface area (Å²) in [7, 11) is 1.56. The molecule has 0 bridgehead atoms. The molecule has 39 heavy (non-hydrogen) atoms. The van der Waals surface area contributed by atoms with Gasteiger partial charge in [0.2, 0.25) is 0 Å². The van der Waals surface area contributed by atoms with E-state index in [2.05, 4.69) is 0 Å². The zero-order valence-electron chi connectivity index (χ0n) is 22.0. The molecular formula is C31H34FNO6. The first-order chi connectivity index (χ1) is 18.9. The van der Waals surface area contributed by atoms with Crippen LogP contribution >= 0.6 is 0 Å². The Hall–Kier alpha value is -3.46. The van der Waals surface area contributed by atoms with Crippen molar-refractivity contribution in [2.24, 2.45) is 0 Å². The number of hydrogen-bond acceptors (Lipinski definition) is 6. The second kappa shape index (κ2) is 12.2. The van der Waals surface area contributed by atoms with E-state index < -0.39 is 24.3 Å². The van der Waals surface area contributed by atoms with Crippen molar-refractivity contribution in [1.82, 2.24) is 4.90 Å². The molecule has 8 heteroatoms. The second-order valence-corrected chi connectivity index (χ2v) is 10.1. The molecule has 1 amide bonds. The van der Waals surface area contributed by atoms with E-state index in [9.17, 15) is 19.4 Å². The molecule has 1 aliphatic carbocycles. The number of fused-ring (bicyclic) bond motifs is 1. The quantitative estimate of drug-likeness (QED) is 0.387. The van der Waals surface area contributed by atoms with E-state index in [1.807, 2.05) is 36.4 Å². The smallest absolute Gasteiger partial charge is 0.257 e. The number of methoxy groups -OCH3 is 1. The van der Waals surface area contributed by atoms with Gasteiger partial charge in [-0.05, 0) is 47.7 Å². The number of amides is 1. The number of carbonyl (C=O) groups excluding carboxylic acids is 1. The molecule has 1 fully saturated rings. The van der Waals surface area contributed by atoms with Gasteiger partial charge in [-0.15, -0.1) is 0 Å². The first-order valence-electron chi connectivity index (χ1n) is 13.4. The zero-order valence-corrected chi connectivity index (χ0v) is 22.0. The third-order valence-corrected chi connectivity index (χ3v) is 7.58. The molecule has 0 spiro atoms. The summed E-state index contributed by atoms with van der Waals surface area (Å²) in [6, 6.07) is 18.2. The van der Waals surface area contributed by atoms with Crippen LogP contribution in [0.15, 0.2) is 66.7 Å². The third-order valence-electron chi connectivity index (χ3n) is 7.58. The summed E-state index contributed by atoms with van der Waals surface area (Å²) in [6.07, 6.45) is 1.04. The highest BCUT2D eigenvalue weighted by atomic mass is 19.1. The Morgan fingerprint density at radius 3 is 2.41 bits per heavy atom. The number of ether oxygens (including phenoxy) is 3. The van der Waals surface area contributed by atoms with Crippen molar-refractivity contribution in [3.8, 4) is 11.5 Å². The Morgan fingerprint density at radius 2 is 1.74 bits per heavy atom. The number of carbonyl (C=O) groups is 1. The van der Waals surface area contributed by atoms with Gasteiger partial charge >= 0.3 is 0 Å². The molecule has 5 rings (SSSR count). The summed E-state index contributed by atoms with van der Waals surface area (Å²) in [5, 5.41) is 20.8. The highest BCUT2D eigenvalue weighted by Gasteiger charge is 2.40. The van der Waals surface area contributed by atoms with E-state index in [4.69, 9.17) is 14.2 Å². The molecule has 206 valence electrons. The molecule has 1 heterocycles. The fourth-order valence-corrected chi connectivity index (χ4v) is 5.48. The van der Waals surface area contributed by atoms with Crippen molar-refractivity contribution in [2.75, 3.05) is 7.11 Å². The van der Waals surface area contributed by atoms with Gasteiger partial charge in [-0.3, -0.25) is 4.79 Å². The number of aliphatic hydroxyl groups excluding tert-OH is 1. The Morgan fingerprint density at radius 1 is 1.03 bits per heavy atom. The molecular weight excluding hydrogens is 501 g/mol. The van der Waals surface area contributed by atoms with Gasteiger partial charge in [0.25, 0.3) is 5.91 Å². The lowest BCUT2D eigenvalue weighted by Gasteiger charge is -2.40. The maximum Gasteiger partial charge on any atom is 0.257 e. The van der Waals surface area contributed by atoms with Gasteiger partial charge in [0.05, 0.1) is 19.3 Å². The lowest BCUT2D eigenvalue weighted by Crippen LogP contribution is -2.52. The molecule has 0 aromatic heterocycles. The van der Waals surface area contributed by atoms with Crippen LogP contribution in [0, 0.1) is 5.82 Å². The van der Waals surface area contributed by atoms with Crippen molar-refractivity contribution >= 4 is 5.91 Å². The minimum atomic E-state index is -1.80. The summed E-state index contributed by atoms with van der Waals surface area (Å²) in [5.74, 6) is 0.261. The number of rotatable bonds is 9. The first kappa shape index (κ1) is 27.1. The lowest BCUT2D eigenvalue weighted by molar-refractivity contribution is -0.164. The molecule has 2 N–H and O–H groups in total. The van der Waals surface area contributed by atoms with Crippen LogP contribution < -0.4 is 9.47 Å². The van der Waals surface area contributed by atoms with E-state index >= 15 is 0 Å². The molecule has 7 nitrogen and oxygen atoms in total.